The van der Waals surface area contributed by atoms with Crippen LogP contribution in [0.4, 0.5) is 5.69 Å². The number of fused-ring (bicyclic) bond motifs is 1. The zero-order chi connectivity index (χ0) is 22.7. The van der Waals surface area contributed by atoms with E-state index in [1.807, 2.05) is 44.3 Å². The highest BCUT2D eigenvalue weighted by Gasteiger charge is 2.18. The van der Waals surface area contributed by atoms with Gasteiger partial charge in [-0.2, -0.15) is 0 Å². The number of carbonyl (C=O) groups excluding carboxylic acids is 1. The fourth-order valence-corrected chi connectivity index (χ4v) is 5.10. The minimum atomic E-state index is -3.60. The van der Waals surface area contributed by atoms with Gasteiger partial charge >= 0.3 is 0 Å². The topological polar surface area (TPSA) is 93.1 Å². The number of aryl methyl sites for hydroxylation is 1. The van der Waals surface area contributed by atoms with Gasteiger partial charge in [-0.25, -0.2) is 18.1 Å². The average molecular weight is 453 g/mol. The number of nitrogens with one attached hydrogen (secondary N) is 2. The SMILES string of the molecule is CCC(C)NS(=O)(=O)c1ccc(C(=O)Nc2ccc(-c3ncc4n3CCCC4)cc2)cc1. The van der Waals surface area contributed by atoms with E-state index in [0.717, 1.165) is 30.8 Å². The van der Waals surface area contributed by atoms with E-state index in [9.17, 15) is 13.2 Å². The summed E-state index contributed by atoms with van der Waals surface area (Å²) >= 11 is 0. The Hall–Kier alpha value is -2.97. The largest absolute Gasteiger partial charge is 0.328 e. The Morgan fingerprint density at radius 2 is 1.81 bits per heavy atom. The molecule has 1 unspecified atom stereocenters. The molecule has 1 amide bonds. The summed E-state index contributed by atoms with van der Waals surface area (Å²) in [5.41, 5.74) is 3.34. The summed E-state index contributed by atoms with van der Waals surface area (Å²) in [4.78, 5) is 17.3. The first-order chi connectivity index (χ1) is 15.4. The maximum absolute atomic E-state index is 12.6. The Morgan fingerprint density at radius 3 is 2.50 bits per heavy atom. The van der Waals surface area contributed by atoms with Gasteiger partial charge in [0.15, 0.2) is 0 Å². The van der Waals surface area contributed by atoms with Crippen LogP contribution in [0.3, 0.4) is 0 Å². The van der Waals surface area contributed by atoms with E-state index in [4.69, 9.17) is 0 Å². The van der Waals surface area contributed by atoms with Crippen molar-refractivity contribution in [1.29, 1.82) is 0 Å². The standard InChI is InChI=1S/C24H28N4O3S/c1-3-17(2)27-32(30,31)22-13-9-19(10-14-22)24(29)26-20-11-7-18(8-12-20)23-25-16-21-6-4-5-15-28(21)23/h7-14,16-17,27H,3-6,15H2,1-2H3,(H,26,29). The number of nitrogens with zero attached hydrogens (tertiary/aromatic N) is 2. The summed E-state index contributed by atoms with van der Waals surface area (Å²) in [6.45, 7) is 4.71. The summed E-state index contributed by atoms with van der Waals surface area (Å²) in [5.74, 6) is 0.662. The van der Waals surface area contributed by atoms with Crippen molar-refractivity contribution in [1.82, 2.24) is 14.3 Å². The average Bonchev–Trinajstić information content (AvgIpc) is 3.23. The molecule has 2 heterocycles. The fraction of sp³-hybridized carbons (Fsp3) is 0.333. The van der Waals surface area contributed by atoms with Crippen molar-refractivity contribution in [2.24, 2.45) is 0 Å². The third-order valence-corrected chi connectivity index (χ3v) is 7.40. The lowest BCUT2D eigenvalue weighted by atomic mass is 10.1. The molecule has 0 fully saturated rings. The number of benzene rings is 2. The normalized spacial score (nSPS) is 14.6. The Bertz CT molecular complexity index is 1200. The number of anilines is 1. The third kappa shape index (κ3) is 4.76. The molecule has 1 aliphatic heterocycles. The molecule has 2 N–H and O–H groups in total. The van der Waals surface area contributed by atoms with Gasteiger partial charge in [0.25, 0.3) is 5.91 Å². The Balaban J connectivity index is 1.43. The predicted octanol–water partition coefficient (Wildman–Crippen LogP) is 4.22. The van der Waals surface area contributed by atoms with Crippen molar-refractivity contribution in [2.45, 2.75) is 57.0 Å². The van der Waals surface area contributed by atoms with Gasteiger partial charge in [0.1, 0.15) is 5.82 Å². The number of rotatable bonds is 7. The molecule has 1 atom stereocenters. The van der Waals surface area contributed by atoms with Crippen LogP contribution in [0.1, 0.15) is 49.2 Å². The van der Waals surface area contributed by atoms with Gasteiger partial charge in [0.05, 0.1) is 4.90 Å². The summed E-state index contributed by atoms with van der Waals surface area (Å²) in [6.07, 6.45) is 6.08. The molecule has 0 aliphatic carbocycles. The molecule has 4 rings (SSSR count). The molecule has 168 valence electrons. The lowest BCUT2D eigenvalue weighted by Gasteiger charge is -2.16. The van der Waals surface area contributed by atoms with E-state index in [1.165, 1.54) is 36.4 Å². The molecule has 3 aromatic rings. The molecule has 0 bridgehead atoms. The molecule has 2 aromatic carbocycles. The second-order valence-corrected chi connectivity index (χ2v) is 9.88. The molecular weight excluding hydrogens is 424 g/mol. The highest BCUT2D eigenvalue weighted by Crippen LogP contribution is 2.25. The van der Waals surface area contributed by atoms with Crippen LogP contribution in [0, 0.1) is 0 Å². The first-order valence-corrected chi connectivity index (χ1v) is 12.4. The van der Waals surface area contributed by atoms with Crippen LogP contribution in [-0.4, -0.2) is 29.9 Å². The lowest BCUT2D eigenvalue weighted by Crippen LogP contribution is -2.32. The van der Waals surface area contributed by atoms with Gasteiger partial charge in [-0.3, -0.25) is 4.79 Å². The van der Waals surface area contributed by atoms with Gasteiger partial charge < -0.3 is 9.88 Å². The molecule has 0 saturated heterocycles. The van der Waals surface area contributed by atoms with Gasteiger partial charge in [-0.05, 0) is 81.1 Å². The van der Waals surface area contributed by atoms with Crippen molar-refractivity contribution >= 4 is 21.6 Å². The van der Waals surface area contributed by atoms with Crippen LogP contribution < -0.4 is 10.0 Å². The van der Waals surface area contributed by atoms with Gasteiger partial charge in [-0.1, -0.05) is 6.92 Å². The maximum Gasteiger partial charge on any atom is 0.255 e. The molecule has 0 saturated carbocycles. The second-order valence-electron chi connectivity index (χ2n) is 8.17. The monoisotopic (exact) mass is 452 g/mol. The van der Waals surface area contributed by atoms with E-state index in [0.29, 0.717) is 17.7 Å². The summed E-state index contributed by atoms with van der Waals surface area (Å²) in [5, 5.41) is 2.86. The van der Waals surface area contributed by atoms with Gasteiger partial charge in [-0.15, -0.1) is 0 Å². The van der Waals surface area contributed by atoms with Crippen molar-refractivity contribution in [3.8, 4) is 11.4 Å². The Kier molecular flexibility index (Phi) is 6.43. The molecule has 0 radical (unpaired) electrons. The van der Waals surface area contributed by atoms with Crippen LogP contribution in [0.2, 0.25) is 0 Å². The number of carbonyl (C=O) groups is 1. The lowest BCUT2D eigenvalue weighted by molar-refractivity contribution is 0.102. The highest BCUT2D eigenvalue weighted by molar-refractivity contribution is 7.89. The summed E-state index contributed by atoms with van der Waals surface area (Å²) in [7, 11) is -3.60. The van der Waals surface area contributed by atoms with Crippen LogP contribution in [0.15, 0.2) is 59.6 Å². The molecular formula is C24H28N4O3S. The molecule has 7 nitrogen and oxygen atoms in total. The van der Waals surface area contributed by atoms with Crippen LogP contribution in [0.5, 0.6) is 0 Å². The molecule has 32 heavy (non-hydrogen) atoms. The number of hydrogen-bond donors (Lipinski definition) is 2. The molecule has 0 spiro atoms. The maximum atomic E-state index is 12.6. The van der Waals surface area contributed by atoms with E-state index in [-0.39, 0.29) is 16.8 Å². The van der Waals surface area contributed by atoms with Gasteiger partial charge in [0, 0.05) is 41.3 Å². The predicted molar refractivity (Wildman–Crippen MR) is 125 cm³/mol. The Labute approximate surface area is 188 Å². The van der Waals surface area contributed by atoms with Crippen LogP contribution in [-0.2, 0) is 23.0 Å². The van der Waals surface area contributed by atoms with E-state index >= 15 is 0 Å². The van der Waals surface area contributed by atoms with E-state index < -0.39 is 10.0 Å². The van der Waals surface area contributed by atoms with Crippen LogP contribution in [0.25, 0.3) is 11.4 Å². The summed E-state index contributed by atoms with van der Waals surface area (Å²) in [6, 6.07) is 13.4. The number of sulfonamides is 1. The quantitative estimate of drug-likeness (QED) is 0.561. The summed E-state index contributed by atoms with van der Waals surface area (Å²) < 4.78 is 29.6. The zero-order valence-electron chi connectivity index (χ0n) is 18.3. The molecule has 8 heteroatoms. The highest BCUT2D eigenvalue weighted by atomic mass is 32.2. The van der Waals surface area contributed by atoms with Crippen molar-refractivity contribution < 1.29 is 13.2 Å². The van der Waals surface area contributed by atoms with E-state index in [2.05, 4.69) is 19.6 Å². The number of amides is 1. The Morgan fingerprint density at radius 1 is 1.09 bits per heavy atom. The molecule has 1 aliphatic rings. The van der Waals surface area contributed by atoms with Gasteiger partial charge in [0.2, 0.25) is 10.0 Å². The zero-order valence-corrected chi connectivity index (χ0v) is 19.2. The van der Waals surface area contributed by atoms with Crippen molar-refractivity contribution in [3.05, 3.63) is 66.0 Å². The number of imidazole rings is 1. The second kappa shape index (κ2) is 9.26. The third-order valence-electron chi connectivity index (χ3n) is 5.80. The fourth-order valence-electron chi connectivity index (χ4n) is 3.77. The number of aromatic nitrogens is 2. The number of hydrogen-bond acceptors (Lipinski definition) is 4. The van der Waals surface area contributed by atoms with E-state index in [1.54, 1.807) is 0 Å². The minimum absolute atomic E-state index is 0.140. The minimum Gasteiger partial charge on any atom is -0.328 e. The first kappa shape index (κ1) is 22.2. The molecule has 1 aromatic heterocycles. The van der Waals surface area contributed by atoms with Crippen molar-refractivity contribution in [2.75, 3.05) is 5.32 Å². The van der Waals surface area contributed by atoms with Crippen LogP contribution >= 0.6 is 0 Å². The van der Waals surface area contributed by atoms with Crippen molar-refractivity contribution in [3.63, 3.8) is 0 Å². The first-order valence-electron chi connectivity index (χ1n) is 11.0. The smallest absolute Gasteiger partial charge is 0.255 e.